The van der Waals surface area contributed by atoms with Crippen LogP contribution in [0.25, 0.3) is 0 Å². The minimum Gasteiger partial charge on any atom is -0.406 e. The first-order chi connectivity index (χ1) is 17.0. The van der Waals surface area contributed by atoms with E-state index in [1.807, 2.05) is 6.92 Å². The predicted molar refractivity (Wildman–Crippen MR) is 133 cm³/mol. The van der Waals surface area contributed by atoms with E-state index in [-0.39, 0.29) is 35.3 Å². The van der Waals surface area contributed by atoms with Gasteiger partial charge in [0.15, 0.2) is 5.96 Å². The standard InChI is InChI=1S/C26H34F4N4O2/c1-4-34(5-2)17-7-8-18(3)32-25(31)33-24(35)22-9-6-10-23(27)21(22)16-13-19-11-14-20(15-12-19)36-26(28,29)30/h6,9-12,14-15,18H,4-5,7-8,13,16-17H2,1-3H3,(H3,31,32,33,35). The molecule has 6 nitrogen and oxygen atoms in total. The smallest absolute Gasteiger partial charge is 0.406 e. The molecule has 36 heavy (non-hydrogen) atoms. The molecule has 0 aliphatic heterocycles. The van der Waals surface area contributed by atoms with Gasteiger partial charge in [0.1, 0.15) is 11.6 Å². The highest BCUT2D eigenvalue weighted by Gasteiger charge is 2.31. The van der Waals surface area contributed by atoms with Crippen LogP contribution in [-0.2, 0) is 12.8 Å². The molecule has 0 radical (unpaired) electrons. The predicted octanol–water partition coefficient (Wildman–Crippen LogP) is 5.06. The van der Waals surface area contributed by atoms with Crippen LogP contribution in [0.3, 0.4) is 0 Å². The highest BCUT2D eigenvalue weighted by Crippen LogP contribution is 2.23. The summed E-state index contributed by atoms with van der Waals surface area (Å²) in [4.78, 5) is 19.5. The Morgan fingerprint density at radius 2 is 1.78 bits per heavy atom. The molecule has 1 atom stereocenters. The summed E-state index contributed by atoms with van der Waals surface area (Å²) < 4.78 is 55.4. The maximum Gasteiger partial charge on any atom is 0.573 e. The third kappa shape index (κ3) is 9.85. The second-order valence-corrected chi connectivity index (χ2v) is 8.44. The molecule has 0 spiro atoms. The number of hydrogen-bond donors (Lipinski definition) is 2. The number of hydrogen-bond acceptors (Lipinski definition) is 4. The van der Waals surface area contributed by atoms with Crippen molar-refractivity contribution in [3.05, 3.63) is 65.0 Å². The van der Waals surface area contributed by atoms with Crippen LogP contribution in [-0.4, -0.2) is 48.8 Å². The molecule has 1 unspecified atom stereocenters. The van der Waals surface area contributed by atoms with Crippen LogP contribution in [0, 0.1) is 5.82 Å². The van der Waals surface area contributed by atoms with Crippen molar-refractivity contribution in [3.8, 4) is 5.75 Å². The Bertz CT molecular complexity index is 1010. The van der Waals surface area contributed by atoms with Crippen molar-refractivity contribution in [2.45, 2.75) is 58.9 Å². The number of nitrogens with one attached hydrogen (secondary N) is 1. The molecule has 3 N–H and O–H groups in total. The zero-order valence-corrected chi connectivity index (χ0v) is 20.9. The minimum atomic E-state index is -4.77. The number of carbonyl (C=O) groups is 1. The number of nitrogens with zero attached hydrogens (tertiary/aromatic N) is 2. The number of aliphatic imine (C=N–C) groups is 1. The highest BCUT2D eigenvalue weighted by molar-refractivity contribution is 6.06. The van der Waals surface area contributed by atoms with Crippen molar-refractivity contribution in [3.63, 3.8) is 0 Å². The summed E-state index contributed by atoms with van der Waals surface area (Å²) in [5.74, 6) is -1.50. The van der Waals surface area contributed by atoms with E-state index in [4.69, 9.17) is 5.73 Å². The number of aryl methyl sites for hydroxylation is 1. The Balaban J connectivity index is 1.99. The molecule has 0 fully saturated rings. The summed E-state index contributed by atoms with van der Waals surface area (Å²) in [7, 11) is 0. The molecule has 0 heterocycles. The molecule has 0 aliphatic carbocycles. The van der Waals surface area contributed by atoms with E-state index < -0.39 is 18.1 Å². The summed E-state index contributed by atoms with van der Waals surface area (Å²) in [6.07, 6.45) is -2.55. The van der Waals surface area contributed by atoms with Crippen LogP contribution >= 0.6 is 0 Å². The Hall–Kier alpha value is -3.14. The SMILES string of the molecule is CCN(CC)CCCC(C)N=C(N)NC(=O)c1cccc(F)c1CCc1ccc(OC(F)(F)F)cc1. The second-order valence-electron chi connectivity index (χ2n) is 8.44. The Labute approximate surface area is 209 Å². The molecule has 0 aliphatic rings. The van der Waals surface area contributed by atoms with Crippen LogP contribution in [0.15, 0.2) is 47.5 Å². The first kappa shape index (κ1) is 29.1. The van der Waals surface area contributed by atoms with Crippen LogP contribution < -0.4 is 15.8 Å². The summed E-state index contributed by atoms with van der Waals surface area (Å²) in [5.41, 5.74) is 6.91. The van der Waals surface area contributed by atoms with Gasteiger partial charge < -0.3 is 15.4 Å². The lowest BCUT2D eigenvalue weighted by Gasteiger charge is -2.18. The summed E-state index contributed by atoms with van der Waals surface area (Å²) in [6, 6.07) is 9.41. The van der Waals surface area contributed by atoms with Gasteiger partial charge in [-0.2, -0.15) is 0 Å². The van der Waals surface area contributed by atoms with E-state index in [0.717, 1.165) is 32.5 Å². The monoisotopic (exact) mass is 510 g/mol. The van der Waals surface area contributed by atoms with Gasteiger partial charge in [-0.1, -0.05) is 32.0 Å². The zero-order valence-electron chi connectivity index (χ0n) is 20.9. The van der Waals surface area contributed by atoms with E-state index in [1.54, 1.807) is 0 Å². The van der Waals surface area contributed by atoms with Crippen molar-refractivity contribution < 1.29 is 27.1 Å². The Morgan fingerprint density at radius 1 is 1.11 bits per heavy atom. The molecular weight excluding hydrogens is 476 g/mol. The molecule has 0 saturated carbocycles. The quantitative estimate of drug-likeness (QED) is 0.238. The first-order valence-corrected chi connectivity index (χ1v) is 12.0. The topological polar surface area (TPSA) is 80.0 Å². The maximum atomic E-state index is 14.6. The number of nitrogens with two attached hydrogens (primary N) is 1. The number of amides is 1. The highest BCUT2D eigenvalue weighted by atomic mass is 19.4. The minimum absolute atomic E-state index is 0.0363. The van der Waals surface area contributed by atoms with Crippen molar-refractivity contribution in [1.82, 2.24) is 10.2 Å². The van der Waals surface area contributed by atoms with Crippen molar-refractivity contribution in [1.29, 1.82) is 0 Å². The molecule has 2 aromatic carbocycles. The van der Waals surface area contributed by atoms with Gasteiger partial charge in [0.2, 0.25) is 0 Å². The summed E-state index contributed by atoms with van der Waals surface area (Å²) in [6.45, 7) is 9.08. The van der Waals surface area contributed by atoms with Gasteiger partial charge in [-0.15, -0.1) is 13.2 Å². The molecule has 0 bridgehead atoms. The van der Waals surface area contributed by atoms with E-state index in [1.165, 1.54) is 42.5 Å². The maximum absolute atomic E-state index is 14.6. The lowest BCUT2D eigenvalue weighted by molar-refractivity contribution is -0.274. The van der Waals surface area contributed by atoms with Gasteiger partial charge in [0.05, 0.1) is 6.04 Å². The average Bonchev–Trinajstić information content (AvgIpc) is 2.80. The van der Waals surface area contributed by atoms with Crippen LogP contribution in [0.2, 0.25) is 0 Å². The molecule has 0 aromatic heterocycles. The normalized spacial score (nSPS) is 13.1. The van der Waals surface area contributed by atoms with Gasteiger partial charge in [-0.25, -0.2) is 4.39 Å². The zero-order chi connectivity index (χ0) is 26.7. The molecule has 2 rings (SSSR count). The fourth-order valence-corrected chi connectivity index (χ4v) is 3.82. The lowest BCUT2D eigenvalue weighted by Crippen LogP contribution is -2.38. The number of guanidine groups is 1. The number of alkyl halides is 3. The number of rotatable bonds is 12. The summed E-state index contributed by atoms with van der Waals surface area (Å²) >= 11 is 0. The third-order valence-corrected chi connectivity index (χ3v) is 5.78. The van der Waals surface area contributed by atoms with Crippen LogP contribution in [0.1, 0.15) is 55.1 Å². The molecule has 1 amide bonds. The number of halogens is 4. The van der Waals surface area contributed by atoms with Crippen molar-refractivity contribution in [2.75, 3.05) is 19.6 Å². The first-order valence-electron chi connectivity index (χ1n) is 12.0. The molecule has 2 aromatic rings. The van der Waals surface area contributed by atoms with Gasteiger partial charge >= 0.3 is 6.36 Å². The van der Waals surface area contributed by atoms with Gasteiger partial charge in [0.25, 0.3) is 5.91 Å². The van der Waals surface area contributed by atoms with Gasteiger partial charge in [-0.3, -0.25) is 15.1 Å². The van der Waals surface area contributed by atoms with Crippen LogP contribution in [0.5, 0.6) is 5.75 Å². The van der Waals surface area contributed by atoms with E-state index in [2.05, 4.69) is 33.8 Å². The Kier molecular flexibility index (Phi) is 11.2. The number of ether oxygens (including phenoxy) is 1. The van der Waals surface area contributed by atoms with E-state index >= 15 is 0 Å². The van der Waals surface area contributed by atoms with E-state index in [0.29, 0.717) is 12.0 Å². The molecule has 10 heteroatoms. The average molecular weight is 511 g/mol. The van der Waals surface area contributed by atoms with Crippen molar-refractivity contribution in [2.24, 2.45) is 10.7 Å². The number of carbonyl (C=O) groups excluding carboxylic acids is 1. The molecular formula is C26H34F4N4O2. The van der Waals surface area contributed by atoms with E-state index in [9.17, 15) is 22.4 Å². The van der Waals surface area contributed by atoms with Crippen LogP contribution in [0.4, 0.5) is 17.6 Å². The summed E-state index contributed by atoms with van der Waals surface area (Å²) in [5, 5.41) is 2.53. The van der Waals surface area contributed by atoms with Crippen molar-refractivity contribution >= 4 is 11.9 Å². The Morgan fingerprint density at radius 3 is 2.39 bits per heavy atom. The van der Waals surface area contributed by atoms with Gasteiger partial charge in [-0.05, 0) is 82.1 Å². The molecule has 198 valence electrons. The fourth-order valence-electron chi connectivity index (χ4n) is 3.82. The number of benzene rings is 2. The third-order valence-electron chi connectivity index (χ3n) is 5.78. The fraction of sp³-hybridized carbons (Fsp3) is 0.462. The largest absolute Gasteiger partial charge is 0.573 e. The van der Waals surface area contributed by atoms with Gasteiger partial charge in [0, 0.05) is 11.1 Å². The molecule has 0 saturated heterocycles. The lowest BCUT2D eigenvalue weighted by atomic mass is 9.98. The second kappa shape index (κ2) is 13.8.